The molecule has 4 heteroatoms. The fraction of sp³-hybridized carbons (Fsp3) is 0.588. The van der Waals surface area contributed by atoms with Crippen molar-refractivity contribution in [3.8, 4) is 0 Å². The van der Waals surface area contributed by atoms with Crippen molar-refractivity contribution < 1.29 is 14.6 Å². The predicted octanol–water partition coefficient (Wildman–Crippen LogP) is 2.68. The van der Waals surface area contributed by atoms with Crippen molar-refractivity contribution in [2.24, 2.45) is 5.92 Å². The summed E-state index contributed by atoms with van der Waals surface area (Å²) in [5, 5.41) is 13.4. The topological polar surface area (TPSA) is 58.6 Å². The van der Waals surface area contributed by atoms with Gasteiger partial charge in [0.2, 0.25) is 0 Å². The number of nitrogens with one attached hydrogen (secondary N) is 1. The van der Waals surface area contributed by atoms with Crippen LogP contribution >= 0.6 is 0 Å². The van der Waals surface area contributed by atoms with Crippen LogP contribution in [0.15, 0.2) is 30.3 Å². The molecule has 1 atom stereocenters. The number of aliphatic hydroxyl groups is 1. The lowest BCUT2D eigenvalue weighted by atomic mass is 9.88. The molecular formula is C17H27NO3. The number of carbonyl (C=O) groups excluding carboxylic acids is 1. The maximum atomic E-state index is 10.1. The second-order valence-electron chi connectivity index (χ2n) is 6.27. The van der Waals surface area contributed by atoms with E-state index in [9.17, 15) is 9.90 Å². The van der Waals surface area contributed by atoms with E-state index >= 15 is 0 Å². The molecule has 2 N–H and O–H groups in total. The summed E-state index contributed by atoms with van der Waals surface area (Å²) >= 11 is 0. The van der Waals surface area contributed by atoms with E-state index in [2.05, 4.69) is 10.1 Å². The molecule has 1 heterocycles. The van der Waals surface area contributed by atoms with Crippen LogP contribution in [0.2, 0.25) is 0 Å². The second kappa shape index (κ2) is 8.80. The number of benzene rings is 1. The Morgan fingerprint density at radius 3 is 2.24 bits per heavy atom. The Bertz CT molecular complexity index is 394. The van der Waals surface area contributed by atoms with Crippen LogP contribution in [0, 0.1) is 5.92 Å². The van der Waals surface area contributed by atoms with Crippen LogP contribution in [-0.2, 0) is 9.53 Å². The van der Waals surface area contributed by atoms with E-state index in [0.717, 1.165) is 31.5 Å². The molecular weight excluding hydrogens is 266 g/mol. The third kappa shape index (κ3) is 7.25. The standard InChI is InChI=1S/C12H17NO.C5H10O2/c14-12(10-4-2-1-3-5-10)11-6-8-13-9-7-11;1-5(2,3)7-4-6/h1-5,11-14H,6-9H2;4H,1-3H3. The van der Waals surface area contributed by atoms with Gasteiger partial charge in [0, 0.05) is 0 Å². The quantitative estimate of drug-likeness (QED) is 0.841. The molecule has 0 amide bonds. The lowest BCUT2D eigenvalue weighted by Crippen LogP contribution is -2.30. The van der Waals surface area contributed by atoms with Crippen molar-refractivity contribution in [1.82, 2.24) is 5.32 Å². The molecule has 1 aliphatic heterocycles. The fourth-order valence-corrected chi connectivity index (χ4v) is 2.23. The van der Waals surface area contributed by atoms with E-state index in [1.807, 2.05) is 51.1 Å². The highest BCUT2D eigenvalue weighted by Crippen LogP contribution is 2.28. The van der Waals surface area contributed by atoms with Crippen molar-refractivity contribution in [1.29, 1.82) is 0 Å². The van der Waals surface area contributed by atoms with Gasteiger partial charge in [0.25, 0.3) is 6.47 Å². The van der Waals surface area contributed by atoms with Gasteiger partial charge in [-0.15, -0.1) is 0 Å². The van der Waals surface area contributed by atoms with E-state index in [4.69, 9.17) is 0 Å². The molecule has 0 bridgehead atoms. The van der Waals surface area contributed by atoms with Crippen molar-refractivity contribution >= 4 is 6.47 Å². The van der Waals surface area contributed by atoms with Crippen LogP contribution in [0.25, 0.3) is 0 Å². The SMILES string of the molecule is CC(C)(C)OC=O.OC(c1ccccc1)C1CCNCC1. The Labute approximate surface area is 127 Å². The van der Waals surface area contributed by atoms with Gasteiger partial charge in [0.1, 0.15) is 5.60 Å². The maximum absolute atomic E-state index is 10.1. The molecule has 1 aromatic carbocycles. The summed E-state index contributed by atoms with van der Waals surface area (Å²) in [4.78, 5) is 9.60. The summed E-state index contributed by atoms with van der Waals surface area (Å²) in [6, 6.07) is 9.97. The summed E-state index contributed by atoms with van der Waals surface area (Å²) in [5.74, 6) is 0.429. The van der Waals surface area contributed by atoms with Gasteiger partial charge in [0.05, 0.1) is 6.10 Å². The highest BCUT2D eigenvalue weighted by atomic mass is 16.5. The lowest BCUT2D eigenvalue weighted by Gasteiger charge is -2.27. The molecule has 1 fully saturated rings. The highest BCUT2D eigenvalue weighted by molar-refractivity contribution is 5.37. The van der Waals surface area contributed by atoms with Gasteiger partial charge in [-0.2, -0.15) is 0 Å². The molecule has 1 aliphatic rings. The minimum Gasteiger partial charge on any atom is -0.462 e. The third-order valence-corrected chi connectivity index (χ3v) is 3.37. The zero-order valence-corrected chi connectivity index (χ0v) is 13.2. The number of piperidine rings is 1. The largest absolute Gasteiger partial charge is 0.462 e. The zero-order chi connectivity index (χ0) is 15.7. The van der Waals surface area contributed by atoms with Gasteiger partial charge in [-0.25, -0.2) is 0 Å². The third-order valence-electron chi connectivity index (χ3n) is 3.37. The van der Waals surface area contributed by atoms with E-state index in [-0.39, 0.29) is 11.7 Å². The molecule has 1 saturated heterocycles. The first kappa shape index (κ1) is 17.7. The van der Waals surface area contributed by atoms with Crippen LogP contribution in [0.3, 0.4) is 0 Å². The average molecular weight is 293 g/mol. The Morgan fingerprint density at radius 2 is 1.81 bits per heavy atom. The summed E-state index contributed by atoms with van der Waals surface area (Å²) in [6.45, 7) is 7.99. The van der Waals surface area contributed by atoms with Gasteiger partial charge in [0.15, 0.2) is 0 Å². The Morgan fingerprint density at radius 1 is 1.24 bits per heavy atom. The summed E-state index contributed by atoms with van der Waals surface area (Å²) in [6.07, 6.45) is 1.88. The Hall–Kier alpha value is -1.39. The number of ether oxygens (including phenoxy) is 1. The molecule has 118 valence electrons. The van der Waals surface area contributed by atoms with E-state index in [1.54, 1.807) is 0 Å². The highest BCUT2D eigenvalue weighted by Gasteiger charge is 2.22. The minimum absolute atomic E-state index is 0.279. The molecule has 1 aromatic rings. The van der Waals surface area contributed by atoms with Crippen LogP contribution < -0.4 is 5.32 Å². The van der Waals surface area contributed by atoms with Crippen LogP contribution in [-0.4, -0.2) is 30.3 Å². The minimum atomic E-state index is -0.318. The molecule has 21 heavy (non-hydrogen) atoms. The van der Waals surface area contributed by atoms with Crippen LogP contribution in [0.5, 0.6) is 0 Å². The molecule has 0 saturated carbocycles. The normalized spacial score (nSPS) is 17.3. The van der Waals surface area contributed by atoms with Crippen molar-refractivity contribution in [3.05, 3.63) is 35.9 Å². The number of hydrogen-bond donors (Lipinski definition) is 2. The van der Waals surface area contributed by atoms with Crippen LogP contribution in [0.1, 0.15) is 45.3 Å². The molecule has 0 radical (unpaired) electrons. The summed E-state index contributed by atoms with van der Waals surface area (Å²) < 4.78 is 4.55. The summed E-state index contributed by atoms with van der Waals surface area (Å²) in [5.41, 5.74) is 0.737. The molecule has 1 unspecified atom stereocenters. The molecule has 2 rings (SSSR count). The van der Waals surface area contributed by atoms with E-state index in [1.165, 1.54) is 0 Å². The van der Waals surface area contributed by atoms with Gasteiger partial charge >= 0.3 is 0 Å². The van der Waals surface area contributed by atoms with Gasteiger partial charge in [-0.1, -0.05) is 30.3 Å². The van der Waals surface area contributed by atoms with Crippen molar-refractivity contribution in [2.75, 3.05) is 13.1 Å². The van der Waals surface area contributed by atoms with Crippen molar-refractivity contribution in [2.45, 2.75) is 45.3 Å². The van der Waals surface area contributed by atoms with E-state index < -0.39 is 0 Å². The number of aliphatic hydroxyl groups excluding tert-OH is 1. The smallest absolute Gasteiger partial charge is 0.293 e. The maximum Gasteiger partial charge on any atom is 0.293 e. The number of carbonyl (C=O) groups is 1. The molecule has 0 spiro atoms. The number of hydrogen-bond acceptors (Lipinski definition) is 4. The Kier molecular flexibility index (Phi) is 7.40. The van der Waals surface area contributed by atoms with Gasteiger partial charge < -0.3 is 15.2 Å². The molecule has 0 aromatic heterocycles. The second-order valence-corrected chi connectivity index (χ2v) is 6.27. The lowest BCUT2D eigenvalue weighted by molar-refractivity contribution is -0.138. The fourth-order valence-electron chi connectivity index (χ4n) is 2.23. The monoisotopic (exact) mass is 293 g/mol. The Balaban J connectivity index is 0.000000270. The predicted molar refractivity (Wildman–Crippen MR) is 83.9 cm³/mol. The number of rotatable bonds is 3. The van der Waals surface area contributed by atoms with Gasteiger partial charge in [-0.05, 0) is 58.2 Å². The summed E-state index contributed by atoms with van der Waals surface area (Å²) in [7, 11) is 0. The van der Waals surface area contributed by atoms with E-state index in [0.29, 0.717) is 12.4 Å². The van der Waals surface area contributed by atoms with Gasteiger partial charge in [-0.3, -0.25) is 4.79 Å². The zero-order valence-electron chi connectivity index (χ0n) is 13.2. The molecule has 4 nitrogen and oxygen atoms in total. The van der Waals surface area contributed by atoms with Crippen molar-refractivity contribution in [3.63, 3.8) is 0 Å². The molecule has 0 aliphatic carbocycles. The van der Waals surface area contributed by atoms with Crippen LogP contribution in [0.4, 0.5) is 0 Å². The first-order chi connectivity index (χ1) is 9.94. The first-order valence-electron chi connectivity index (χ1n) is 7.49. The average Bonchev–Trinajstić information content (AvgIpc) is 2.48. The first-order valence-corrected chi connectivity index (χ1v) is 7.49.